The van der Waals surface area contributed by atoms with Gasteiger partial charge in [-0.05, 0) is 20.3 Å². The fourth-order valence-electron chi connectivity index (χ4n) is 1.42. The second-order valence-corrected chi connectivity index (χ2v) is 4.26. The van der Waals surface area contributed by atoms with Crippen LogP contribution in [0.15, 0.2) is 0 Å². The quantitative estimate of drug-likeness (QED) is 0.628. The van der Waals surface area contributed by atoms with Crippen molar-refractivity contribution in [2.45, 2.75) is 32.6 Å². The Bertz CT molecular complexity index is 261. The van der Waals surface area contributed by atoms with E-state index in [0.29, 0.717) is 0 Å². The van der Waals surface area contributed by atoms with Gasteiger partial charge in [0.25, 0.3) is 0 Å². The Hall–Kier alpha value is -0.810. The van der Waals surface area contributed by atoms with Crippen molar-refractivity contribution in [2.75, 3.05) is 13.1 Å². The minimum Gasteiger partial charge on any atom is -0.339 e. The van der Waals surface area contributed by atoms with Crippen molar-refractivity contribution in [1.82, 2.24) is 4.90 Å². The van der Waals surface area contributed by atoms with E-state index in [1.54, 1.807) is 0 Å². The average Bonchev–Trinajstić information content (AvgIpc) is 2.48. The highest BCUT2D eigenvalue weighted by Crippen LogP contribution is 2.39. The number of nitrogens with zero attached hydrogens (tertiary/aromatic N) is 1. The summed E-state index contributed by atoms with van der Waals surface area (Å²) < 4.78 is 50.2. The maximum atomic E-state index is 12.7. The lowest BCUT2D eigenvalue weighted by Crippen LogP contribution is -2.48. The zero-order chi connectivity index (χ0) is 11.9. The van der Waals surface area contributed by atoms with Crippen LogP contribution in [0.2, 0.25) is 0 Å². The molecule has 0 radical (unpaired) electrons. The third-order valence-corrected chi connectivity index (χ3v) is 2.66. The van der Waals surface area contributed by atoms with E-state index in [2.05, 4.69) is 0 Å². The molecule has 1 rings (SSSR count). The Kier molecular flexibility index (Phi) is 2.98. The number of hydrogen-bond acceptors (Lipinski definition) is 1. The van der Waals surface area contributed by atoms with Crippen LogP contribution in [-0.2, 0) is 4.79 Å². The zero-order valence-electron chi connectivity index (χ0n) is 8.57. The van der Waals surface area contributed by atoms with E-state index >= 15 is 0 Å². The molecule has 0 N–H and O–H groups in total. The van der Waals surface area contributed by atoms with E-state index < -0.39 is 23.7 Å². The normalized spacial score (nSPS) is 23.3. The van der Waals surface area contributed by atoms with Crippen LogP contribution in [-0.4, -0.2) is 36.2 Å². The topological polar surface area (TPSA) is 20.3 Å². The van der Waals surface area contributed by atoms with E-state index in [1.807, 2.05) is 0 Å². The number of likely N-dealkylation sites (tertiary alicyclic amines) is 1. The van der Waals surface area contributed by atoms with Crippen molar-refractivity contribution in [3.05, 3.63) is 0 Å². The number of halogens is 4. The van der Waals surface area contributed by atoms with Gasteiger partial charge in [-0.2, -0.15) is 13.2 Å². The van der Waals surface area contributed by atoms with E-state index in [0.717, 1.165) is 18.7 Å². The summed E-state index contributed by atoms with van der Waals surface area (Å²) in [5, 5.41) is 0. The molecule has 1 fully saturated rings. The molecule has 0 unspecified atom stereocenters. The third kappa shape index (κ3) is 2.23. The van der Waals surface area contributed by atoms with E-state index in [9.17, 15) is 22.4 Å². The number of rotatable bonds is 1. The highest BCUT2D eigenvalue weighted by molar-refractivity contribution is 5.83. The summed E-state index contributed by atoms with van der Waals surface area (Å²) in [6, 6.07) is 0. The minimum atomic E-state index is -4.60. The fraction of sp³-hybridized carbons (Fsp3) is 0.889. The number of amides is 1. The van der Waals surface area contributed by atoms with Gasteiger partial charge in [-0.15, -0.1) is 0 Å². The molecule has 15 heavy (non-hydrogen) atoms. The van der Waals surface area contributed by atoms with Gasteiger partial charge in [0, 0.05) is 6.54 Å². The van der Waals surface area contributed by atoms with Crippen LogP contribution in [0.25, 0.3) is 0 Å². The summed E-state index contributed by atoms with van der Waals surface area (Å²) in [7, 11) is 0. The smallest absolute Gasteiger partial charge is 0.339 e. The Balaban J connectivity index is 2.76. The fourth-order valence-corrected chi connectivity index (χ4v) is 1.42. The molecule has 1 aliphatic rings. The van der Waals surface area contributed by atoms with Gasteiger partial charge < -0.3 is 4.90 Å². The molecule has 88 valence electrons. The summed E-state index contributed by atoms with van der Waals surface area (Å²) in [6.07, 6.45) is -5.67. The zero-order valence-corrected chi connectivity index (χ0v) is 8.57. The lowest BCUT2D eigenvalue weighted by atomic mass is 9.91. The summed E-state index contributed by atoms with van der Waals surface area (Å²) >= 11 is 0. The Morgan fingerprint density at radius 1 is 1.33 bits per heavy atom. The molecular formula is C9H13F4NO. The second-order valence-electron chi connectivity index (χ2n) is 4.26. The third-order valence-electron chi connectivity index (χ3n) is 2.66. The van der Waals surface area contributed by atoms with E-state index in [-0.39, 0.29) is 19.5 Å². The van der Waals surface area contributed by atoms with Gasteiger partial charge in [-0.25, -0.2) is 4.39 Å². The molecule has 0 aromatic heterocycles. The van der Waals surface area contributed by atoms with Crippen LogP contribution in [0, 0.1) is 5.41 Å². The van der Waals surface area contributed by atoms with Gasteiger partial charge in [0.05, 0.1) is 6.54 Å². The van der Waals surface area contributed by atoms with Gasteiger partial charge in [-0.1, -0.05) is 0 Å². The van der Waals surface area contributed by atoms with Crippen LogP contribution in [0.4, 0.5) is 17.6 Å². The predicted octanol–water partition coefficient (Wildman–Crippen LogP) is 2.15. The van der Waals surface area contributed by atoms with Crippen molar-refractivity contribution in [2.24, 2.45) is 5.41 Å². The first-order chi connectivity index (χ1) is 6.66. The van der Waals surface area contributed by atoms with Gasteiger partial charge >= 0.3 is 6.18 Å². The molecule has 1 atom stereocenters. The maximum Gasteiger partial charge on any atom is 0.402 e. The standard InChI is InChI=1S/C9H13F4NO/c1-8(2,9(11,12)13)7(15)14-4-3-6(10)5-14/h6H,3-5H2,1-2H3/t6-/m0/s1. The van der Waals surface area contributed by atoms with Crippen LogP contribution >= 0.6 is 0 Å². The Morgan fingerprint density at radius 3 is 2.20 bits per heavy atom. The molecular weight excluding hydrogens is 214 g/mol. The maximum absolute atomic E-state index is 12.7. The second kappa shape index (κ2) is 3.64. The van der Waals surface area contributed by atoms with Gasteiger partial charge in [-0.3, -0.25) is 4.79 Å². The van der Waals surface area contributed by atoms with Crippen molar-refractivity contribution < 1.29 is 22.4 Å². The molecule has 1 aliphatic heterocycles. The largest absolute Gasteiger partial charge is 0.402 e. The van der Waals surface area contributed by atoms with Crippen LogP contribution in [0.3, 0.4) is 0 Å². The van der Waals surface area contributed by atoms with Crippen LogP contribution in [0.1, 0.15) is 20.3 Å². The number of hydrogen-bond donors (Lipinski definition) is 0. The SMILES string of the molecule is CC(C)(C(=O)N1CC[C@H](F)C1)C(F)(F)F. The monoisotopic (exact) mass is 227 g/mol. The summed E-state index contributed by atoms with van der Waals surface area (Å²) in [5.74, 6) is -1.05. The summed E-state index contributed by atoms with van der Waals surface area (Å²) in [4.78, 5) is 12.4. The van der Waals surface area contributed by atoms with Crippen LogP contribution in [0.5, 0.6) is 0 Å². The number of carbonyl (C=O) groups is 1. The first-order valence-electron chi connectivity index (χ1n) is 4.66. The van der Waals surface area contributed by atoms with Gasteiger partial charge in [0.1, 0.15) is 11.6 Å². The molecule has 0 aliphatic carbocycles. The van der Waals surface area contributed by atoms with Crippen molar-refractivity contribution in [1.29, 1.82) is 0 Å². The summed E-state index contributed by atoms with van der Waals surface area (Å²) in [6.45, 7) is 1.49. The van der Waals surface area contributed by atoms with Gasteiger partial charge in [0.2, 0.25) is 5.91 Å². The molecule has 0 spiro atoms. The van der Waals surface area contributed by atoms with Crippen molar-refractivity contribution >= 4 is 5.91 Å². The predicted molar refractivity (Wildman–Crippen MR) is 45.9 cm³/mol. The van der Waals surface area contributed by atoms with E-state index in [4.69, 9.17) is 0 Å². The number of alkyl halides is 4. The molecule has 1 saturated heterocycles. The Labute approximate surface area is 85.2 Å². The number of carbonyl (C=O) groups excluding carboxylic acids is 1. The van der Waals surface area contributed by atoms with Crippen molar-refractivity contribution in [3.63, 3.8) is 0 Å². The molecule has 0 aromatic rings. The molecule has 1 heterocycles. The first-order valence-corrected chi connectivity index (χ1v) is 4.66. The molecule has 0 aromatic carbocycles. The lowest BCUT2D eigenvalue weighted by molar-refractivity contribution is -0.216. The molecule has 6 heteroatoms. The average molecular weight is 227 g/mol. The van der Waals surface area contributed by atoms with Crippen molar-refractivity contribution in [3.8, 4) is 0 Å². The minimum absolute atomic E-state index is 0.0690. The Morgan fingerprint density at radius 2 is 1.87 bits per heavy atom. The first kappa shape index (κ1) is 12.3. The lowest BCUT2D eigenvalue weighted by Gasteiger charge is -2.30. The molecule has 0 saturated carbocycles. The molecule has 1 amide bonds. The highest BCUT2D eigenvalue weighted by Gasteiger charge is 2.54. The highest BCUT2D eigenvalue weighted by atomic mass is 19.4. The summed E-state index contributed by atoms with van der Waals surface area (Å²) in [5.41, 5.74) is -2.43. The van der Waals surface area contributed by atoms with Gasteiger partial charge in [0.15, 0.2) is 0 Å². The molecule has 2 nitrogen and oxygen atoms in total. The van der Waals surface area contributed by atoms with E-state index in [1.165, 1.54) is 0 Å². The molecule has 0 bridgehead atoms. The van der Waals surface area contributed by atoms with Crippen LogP contribution < -0.4 is 0 Å².